The second-order valence-corrected chi connectivity index (χ2v) is 7.76. The van der Waals surface area contributed by atoms with E-state index in [1.165, 1.54) is 0 Å². The van der Waals surface area contributed by atoms with Crippen molar-refractivity contribution < 1.29 is 4.79 Å². The number of piperidine rings is 1. The Morgan fingerprint density at radius 3 is 2.55 bits per heavy atom. The molecule has 4 N–H and O–H groups in total. The van der Waals surface area contributed by atoms with Gasteiger partial charge in [0, 0.05) is 47.9 Å². The first kappa shape index (κ1) is 24.4. The van der Waals surface area contributed by atoms with Crippen LogP contribution >= 0.6 is 11.6 Å². The van der Waals surface area contributed by atoms with Crippen molar-refractivity contribution in [1.82, 2.24) is 15.3 Å². The van der Waals surface area contributed by atoms with Gasteiger partial charge in [0.2, 0.25) is 0 Å². The van der Waals surface area contributed by atoms with Crippen LogP contribution in [0.1, 0.15) is 48.2 Å². The minimum Gasteiger partial charge on any atom is -0.379 e. The first-order valence-electron chi connectivity index (χ1n) is 11.1. The van der Waals surface area contributed by atoms with Gasteiger partial charge in [0.15, 0.2) is 0 Å². The number of anilines is 2. The predicted octanol–water partition coefficient (Wildman–Crippen LogP) is 4.99. The zero-order valence-corrected chi connectivity index (χ0v) is 19.6. The van der Waals surface area contributed by atoms with Crippen LogP contribution in [0.3, 0.4) is 0 Å². The first-order valence-corrected chi connectivity index (χ1v) is 11.5. The van der Waals surface area contributed by atoms with Crippen molar-refractivity contribution in [3.8, 4) is 0 Å². The Kier molecular flexibility index (Phi) is 8.92. The Morgan fingerprint density at radius 1 is 1.12 bits per heavy atom. The summed E-state index contributed by atoms with van der Waals surface area (Å²) < 4.78 is 0. The molecule has 1 saturated heterocycles. The summed E-state index contributed by atoms with van der Waals surface area (Å²) in [5.41, 5.74) is 2.79. The third kappa shape index (κ3) is 6.37. The van der Waals surface area contributed by atoms with Crippen LogP contribution in [0.5, 0.6) is 0 Å². The summed E-state index contributed by atoms with van der Waals surface area (Å²) >= 11 is 6.42. The van der Waals surface area contributed by atoms with Crippen LogP contribution in [0.2, 0.25) is 5.02 Å². The molecule has 0 radical (unpaired) electrons. The van der Waals surface area contributed by atoms with Crippen molar-refractivity contribution in [1.29, 1.82) is 5.41 Å². The third-order valence-corrected chi connectivity index (χ3v) is 5.44. The van der Waals surface area contributed by atoms with E-state index in [2.05, 4.69) is 25.9 Å². The summed E-state index contributed by atoms with van der Waals surface area (Å²) in [5, 5.41) is 18.8. The number of halogens is 1. The predicted molar refractivity (Wildman–Crippen MR) is 135 cm³/mol. The molecule has 1 fully saturated rings. The monoisotopic (exact) mass is 464 g/mol. The number of amides is 1. The molecular formula is C25H29ClN6O. The molecule has 0 aliphatic carbocycles. The minimum absolute atomic E-state index is 0.248. The Hall–Kier alpha value is -3.29. The van der Waals surface area contributed by atoms with E-state index in [0.29, 0.717) is 33.2 Å². The number of rotatable bonds is 6. The highest BCUT2D eigenvalue weighted by Crippen LogP contribution is 2.28. The second kappa shape index (κ2) is 12.1. The maximum absolute atomic E-state index is 12.4. The van der Waals surface area contributed by atoms with E-state index in [1.807, 2.05) is 13.8 Å². The van der Waals surface area contributed by atoms with Crippen LogP contribution in [0, 0.1) is 5.41 Å². The molecule has 0 saturated carbocycles. The van der Waals surface area contributed by atoms with E-state index in [0.717, 1.165) is 25.9 Å². The molecule has 2 aromatic heterocycles. The van der Waals surface area contributed by atoms with Crippen LogP contribution in [-0.4, -0.2) is 40.7 Å². The van der Waals surface area contributed by atoms with Gasteiger partial charge in [0.05, 0.1) is 16.4 Å². The molecule has 1 atom stereocenters. The number of hydrogen-bond acceptors (Lipinski definition) is 6. The topological polar surface area (TPSA) is 103 Å². The molecule has 1 unspecified atom stereocenters. The minimum atomic E-state index is -0.256. The van der Waals surface area contributed by atoms with Gasteiger partial charge in [-0.2, -0.15) is 0 Å². The van der Waals surface area contributed by atoms with E-state index in [-0.39, 0.29) is 17.7 Å². The summed E-state index contributed by atoms with van der Waals surface area (Å²) in [6, 6.07) is 12.5. The van der Waals surface area contributed by atoms with Gasteiger partial charge >= 0.3 is 0 Å². The maximum atomic E-state index is 12.4. The average molecular weight is 465 g/mol. The molecule has 8 heteroatoms. The van der Waals surface area contributed by atoms with Crippen LogP contribution in [0.15, 0.2) is 61.1 Å². The fourth-order valence-electron chi connectivity index (χ4n) is 3.52. The molecule has 0 spiro atoms. The zero-order valence-electron chi connectivity index (χ0n) is 18.9. The van der Waals surface area contributed by atoms with Crippen LogP contribution in [0.25, 0.3) is 0 Å². The highest BCUT2D eigenvalue weighted by atomic mass is 35.5. The summed E-state index contributed by atoms with van der Waals surface area (Å²) in [7, 11) is 0. The Morgan fingerprint density at radius 2 is 1.88 bits per heavy atom. The normalized spacial score (nSPS) is 15.1. The molecule has 33 heavy (non-hydrogen) atoms. The molecule has 7 nitrogen and oxygen atoms in total. The number of aromatic nitrogens is 2. The lowest BCUT2D eigenvalue weighted by molar-refractivity contribution is 0.102. The number of carbonyl (C=O) groups is 1. The number of nitrogens with zero attached hydrogens (tertiary/aromatic N) is 2. The van der Waals surface area contributed by atoms with Gasteiger partial charge in [-0.1, -0.05) is 43.6 Å². The largest absolute Gasteiger partial charge is 0.379 e. The first-order chi connectivity index (χ1) is 16.1. The number of benzene rings is 1. The molecule has 1 aliphatic heterocycles. The number of nitrogens with one attached hydrogen (secondary N) is 4. The standard InChI is InChI=1S/C23H23ClN6O.C2H6/c24-19-14-27-13-18(22(19)29-17-4-3-10-26-12-17)21(25)15-6-8-16(9-7-15)23(31)30-20-5-1-2-11-28-20;1-2/h1-2,5-9,11,13-14,17,25-26H,3-4,10,12H2,(H,27,29)(H,28,30,31);1-2H3. The van der Waals surface area contributed by atoms with Crippen LogP contribution in [0.4, 0.5) is 11.5 Å². The molecule has 4 rings (SSSR count). The highest BCUT2D eigenvalue weighted by Gasteiger charge is 2.19. The van der Waals surface area contributed by atoms with Crippen molar-refractivity contribution >= 4 is 34.7 Å². The highest BCUT2D eigenvalue weighted by molar-refractivity contribution is 6.34. The van der Waals surface area contributed by atoms with Crippen molar-refractivity contribution in [2.45, 2.75) is 32.7 Å². The van der Waals surface area contributed by atoms with E-state index >= 15 is 0 Å². The Bertz CT molecular complexity index is 1070. The molecular weight excluding hydrogens is 436 g/mol. The molecule has 1 aromatic carbocycles. The van der Waals surface area contributed by atoms with Crippen molar-refractivity contribution in [2.24, 2.45) is 0 Å². The SMILES string of the molecule is CC.N=C(c1ccc(C(=O)Nc2ccccn2)cc1)c1cncc(Cl)c1NC1CCCNC1. The zero-order chi connectivity index (χ0) is 23.6. The van der Waals surface area contributed by atoms with Gasteiger partial charge in [-0.25, -0.2) is 4.98 Å². The fraction of sp³-hybridized carbons (Fsp3) is 0.280. The summed E-state index contributed by atoms with van der Waals surface area (Å²) in [5.74, 6) is 0.232. The molecule has 172 valence electrons. The molecule has 0 bridgehead atoms. The van der Waals surface area contributed by atoms with Crippen molar-refractivity contribution in [2.75, 3.05) is 23.7 Å². The molecule has 3 aromatic rings. The fourth-order valence-corrected chi connectivity index (χ4v) is 3.73. The van der Waals surface area contributed by atoms with Crippen LogP contribution < -0.4 is 16.0 Å². The summed E-state index contributed by atoms with van der Waals surface area (Å²) in [6.07, 6.45) is 6.98. The lowest BCUT2D eigenvalue weighted by Gasteiger charge is -2.26. The molecule has 1 aliphatic rings. The van der Waals surface area contributed by atoms with E-state index in [4.69, 9.17) is 17.0 Å². The number of hydrogen-bond donors (Lipinski definition) is 4. The van der Waals surface area contributed by atoms with Crippen molar-refractivity contribution in [3.63, 3.8) is 0 Å². The number of pyridine rings is 2. The Labute approximate surface area is 199 Å². The number of carbonyl (C=O) groups excluding carboxylic acids is 1. The van der Waals surface area contributed by atoms with Crippen LogP contribution in [-0.2, 0) is 0 Å². The summed E-state index contributed by atoms with van der Waals surface area (Å²) in [6.45, 7) is 5.87. The van der Waals surface area contributed by atoms with Gasteiger partial charge in [-0.3, -0.25) is 15.2 Å². The lowest BCUT2D eigenvalue weighted by atomic mass is 10.00. The van der Waals surface area contributed by atoms with E-state index < -0.39 is 0 Å². The Balaban J connectivity index is 0.00000149. The van der Waals surface area contributed by atoms with Gasteiger partial charge in [0.1, 0.15) is 5.82 Å². The molecule has 1 amide bonds. The van der Waals surface area contributed by atoms with E-state index in [1.54, 1.807) is 61.1 Å². The van der Waals surface area contributed by atoms with Gasteiger partial charge < -0.3 is 16.0 Å². The van der Waals surface area contributed by atoms with Gasteiger partial charge in [0.25, 0.3) is 5.91 Å². The third-order valence-electron chi connectivity index (χ3n) is 5.16. The molecule has 3 heterocycles. The quantitative estimate of drug-likeness (QED) is 0.385. The summed E-state index contributed by atoms with van der Waals surface area (Å²) in [4.78, 5) is 20.7. The smallest absolute Gasteiger partial charge is 0.256 e. The van der Waals surface area contributed by atoms with Gasteiger partial charge in [-0.05, 0) is 43.7 Å². The second-order valence-electron chi connectivity index (χ2n) is 7.35. The average Bonchev–Trinajstić information content (AvgIpc) is 2.87. The maximum Gasteiger partial charge on any atom is 0.256 e. The van der Waals surface area contributed by atoms with E-state index in [9.17, 15) is 4.79 Å². The van der Waals surface area contributed by atoms with Gasteiger partial charge in [-0.15, -0.1) is 0 Å². The lowest BCUT2D eigenvalue weighted by Crippen LogP contribution is -2.38. The van der Waals surface area contributed by atoms with Crippen molar-refractivity contribution in [3.05, 3.63) is 82.8 Å².